The quantitative estimate of drug-likeness (QED) is 0.381. The van der Waals surface area contributed by atoms with E-state index in [1.54, 1.807) is 66.7 Å². The number of methoxy groups -OCH3 is 1. The molecule has 0 N–H and O–H groups in total. The van der Waals surface area contributed by atoms with Gasteiger partial charge in [-0.25, -0.2) is 0 Å². The van der Waals surface area contributed by atoms with Crippen LogP contribution in [0.2, 0.25) is 5.02 Å². The van der Waals surface area contributed by atoms with Gasteiger partial charge in [0.2, 0.25) is 0 Å². The molecule has 0 atom stereocenters. The number of carbonyl (C=O) groups is 1. The molecule has 0 bridgehead atoms. The second-order valence-electron chi connectivity index (χ2n) is 7.40. The van der Waals surface area contributed by atoms with Gasteiger partial charge in [0.1, 0.15) is 5.75 Å². The maximum atomic E-state index is 13.8. The largest absolute Gasteiger partial charge is 0.497 e. The molecule has 6 heteroatoms. The number of pyridine rings is 1. The Morgan fingerprint density at radius 2 is 1.72 bits per heavy atom. The molecule has 0 aliphatic heterocycles. The highest BCUT2D eigenvalue weighted by molar-refractivity contribution is 6.31. The summed E-state index contributed by atoms with van der Waals surface area (Å²) in [7, 11) is 1.59. The van der Waals surface area contributed by atoms with E-state index in [-0.39, 0.29) is 11.5 Å². The number of hydrogen-bond donors (Lipinski definition) is 0. The van der Waals surface area contributed by atoms with Crippen molar-refractivity contribution in [1.29, 1.82) is 0 Å². The topological polar surface area (TPSA) is 51.5 Å². The Kier molecular flexibility index (Phi) is 6.28. The number of halogens is 1. The van der Waals surface area contributed by atoms with Crippen LogP contribution in [-0.2, 0) is 0 Å². The number of amides is 1. The number of anilines is 1. The average molecular weight is 447 g/mol. The molecular formula is C26H23ClN2O3. The van der Waals surface area contributed by atoms with E-state index >= 15 is 0 Å². The van der Waals surface area contributed by atoms with Crippen LogP contribution in [0.5, 0.6) is 5.75 Å². The molecule has 0 aliphatic carbocycles. The summed E-state index contributed by atoms with van der Waals surface area (Å²) in [6, 6.07) is 21.6. The van der Waals surface area contributed by atoms with Crippen molar-refractivity contribution in [2.75, 3.05) is 18.6 Å². The number of fused-ring (bicyclic) bond motifs is 1. The summed E-state index contributed by atoms with van der Waals surface area (Å²) in [5.41, 5.74) is 1.63. The average Bonchev–Trinajstić information content (AvgIpc) is 2.83. The van der Waals surface area contributed by atoms with Crippen molar-refractivity contribution >= 4 is 34.0 Å². The van der Waals surface area contributed by atoms with Crippen LogP contribution in [0.3, 0.4) is 0 Å². The van der Waals surface area contributed by atoms with Crippen molar-refractivity contribution in [3.05, 3.63) is 99.9 Å². The van der Waals surface area contributed by atoms with Crippen LogP contribution in [0.15, 0.2) is 83.8 Å². The van der Waals surface area contributed by atoms with E-state index in [1.807, 2.05) is 31.2 Å². The van der Waals surface area contributed by atoms with Gasteiger partial charge in [-0.1, -0.05) is 42.8 Å². The Morgan fingerprint density at radius 1 is 1.00 bits per heavy atom. The van der Waals surface area contributed by atoms with E-state index in [0.29, 0.717) is 39.3 Å². The summed E-state index contributed by atoms with van der Waals surface area (Å²) < 4.78 is 6.74. The van der Waals surface area contributed by atoms with Crippen molar-refractivity contribution in [2.45, 2.75) is 13.3 Å². The van der Waals surface area contributed by atoms with Crippen molar-refractivity contribution in [2.24, 2.45) is 0 Å². The first-order chi connectivity index (χ1) is 15.5. The number of nitrogens with zero attached hydrogens (tertiary/aromatic N) is 2. The predicted molar refractivity (Wildman–Crippen MR) is 130 cm³/mol. The summed E-state index contributed by atoms with van der Waals surface area (Å²) in [5.74, 6) is 0.501. The standard InChI is InChI=1S/C26H23ClN2O3/c1-3-15-28(20-8-6-7-18(27)16-20)26(31)24-17-29(19-11-13-21(32-2)14-12-19)25(30)23-10-5-4-9-22(23)24/h4-14,16-17H,3,15H2,1-2H3. The molecule has 0 radical (unpaired) electrons. The first kappa shape index (κ1) is 21.7. The monoisotopic (exact) mass is 446 g/mol. The summed E-state index contributed by atoms with van der Waals surface area (Å²) in [6.07, 6.45) is 2.40. The van der Waals surface area contributed by atoms with E-state index in [2.05, 4.69) is 0 Å². The molecule has 1 aromatic heterocycles. The lowest BCUT2D eigenvalue weighted by Crippen LogP contribution is -2.33. The fourth-order valence-electron chi connectivity index (χ4n) is 3.76. The molecule has 0 aliphatic rings. The Hall–Kier alpha value is -3.57. The van der Waals surface area contributed by atoms with Gasteiger partial charge < -0.3 is 9.64 Å². The van der Waals surface area contributed by atoms with Gasteiger partial charge in [0, 0.05) is 39.9 Å². The van der Waals surface area contributed by atoms with Gasteiger partial charge in [0.15, 0.2) is 0 Å². The molecule has 162 valence electrons. The van der Waals surface area contributed by atoms with Crippen LogP contribution in [0.4, 0.5) is 5.69 Å². The van der Waals surface area contributed by atoms with E-state index in [1.165, 1.54) is 4.57 Å². The van der Waals surface area contributed by atoms with Crippen LogP contribution in [0.1, 0.15) is 23.7 Å². The molecular weight excluding hydrogens is 424 g/mol. The fraction of sp³-hybridized carbons (Fsp3) is 0.154. The Morgan fingerprint density at radius 3 is 2.38 bits per heavy atom. The van der Waals surface area contributed by atoms with Crippen molar-refractivity contribution in [3.8, 4) is 11.4 Å². The number of rotatable bonds is 6. The van der Waals surface area contributed by atoms with Crippen LogP contribution in [-0.4, -0.2) is 24.1 Å². The number of ether oxygens (including phenoxy) is 1. The minimum Gasteiger partial charge on any atom is -0.497 e. The molecule has 0 saturated heterocycles. The van der Waals surface area contributed by atoms with E-state index in [4.69, 9.17) is 16.3 Å². The highest BCUT2D eigenvalue weighted by Gasteiger charge is 2.22. The predicted octanol–water partition coefficient (Wildman–Crippen LogP) is 5.71. The van der Waals surface area contributed by atoms with Crippen LogP contribution >= 0.6 is 11.6 Å². The van der Waals surface area contributed by atoms with Crippen molar-refractivity contribution < 1.29 is 9.53 Å². The Balaban J connectivity index is 1.91. The molecule has 0 fully saturated rings. The molecule has 32 heavy (non-hydrogen) atoms. The smallest absolute Gasteiger partial charge is 0.262 e. The van der Waals surface area contributed by atoms with E-state index < -0.39 is 0 Å². The molecule has 0 spiro atoms. The molecule has 4 aromatic rings. The minimum atomic E-state index is -0.188. The van der Waals surface area contributed by atoms with E-state index in [0.717, 1.165) is 12.1 Å². The minimum absolute atomic E-state index is 0.187. The zero-order valence-corrected chi connectivity index (χ0v) is 18.7. The van der Waals surface area contributed by atoms with Gasteiger partial charge >= 0.3 is 0 Å². The van der Waals surface area contributed by atoms with Gasteiger partial charge in [0.05, 0.1) is 12.7 Å². The first-order valence-electron chi connectivity index (χ1n) is 10.4. The summed E-state index contributed by atoms with van der Waals surface area (Å²) in [5, 5.41) is 1.66. The Bertz CT molecular complexity index is 1330. The summed E-state index contributed by atoms with van der Waals surface area (Å²) >= 11 is 6.19. The number of benzene rings is 3. The van der Waals surface area contributed by atoms with Gasteiger partial charge in [-0.2, -0.15) is 0 Å². The normalized spacial score (nSPS) is 10.8. The van der Waals surface area contributed by atoms with Gasteiger partial charge in [-0.3, -0.25) is 14.2 Å². The van der Waals surface area contributed by atoms with Gasteiger partial charge in [-0.05, 0) is 55.0 Å². The third-order valence-electron chi connectivity index (χ3n) is 5.32. The van der Waals surface area contributed by atoms with Crippen molar-refractivity contribution in [3.63, 3.8) is 0 Å². The maximum absolute atomic E-state index is 13.8. The van der Waals surface area contributed by atoms with Crippen molar-refractivity contribution in [1.82, 2.24) is 4.57 Å². The second kappa shape index (κ2) is 9.28. The zero-order valence-electron chi connectivity index (χ0n) is 17.9. The second-order valence-corrected chi connectivity index (χ2v) is 7.83. The lowest BCUT2D eigenvalue weighted by atomic mass is 10.1. The summed E-state index contributed by atoms with van der Waals surface area (Å²) in [6.45, 7) is 2.54. The maximum Gasteiger partial charge on any atom is 0.262 e. The molecule has 4 rings (SSSR count). The molecule has 1 amide bonds. The number of aromatic nitrogens is 1. The van der Waals surface area contributed by atoms with Gasteiger partial charge in [-0.15, -0.1) is 0 Å². The van der Waals surface area contributed by atoms with Crippen LogP contribution in [0.25, 0.3) is 16.5 Å². The lowest BCUT2D eigenvalue weighted by Gasteiger charge is -2.24. The zero-order chi connectivity index (χ0) is 22.7. The van der Waals surface area contributed by atoms with Gasteiger partial charge in [0.25, 0.3) is 11.5 Å². The molecule has 0 saturated carbocycles. The highest BCUT2D eigenvalue weighted by Crippen LogP contribution is 2.25. The van der Waals surface area contributed by atoms with Crippen LogP contribution < -0.4 is 15.2 Å². The molecule has 5 nitrogen and oxygen atoms in total. The third-order valence-corrected chi connectivity index (χ3v) is 5.55. The molecule has 1 heterocycles. The number of hydrogen-bond acceptors (Lipinski definition) is 3. The Labute approximate surface area is 191 Å². The first-order valence-corrected chi connectivity index (χ1v) is 10.8. The molecule has 3 aromatic carbocycles. The van der Waals surface area contributed by atoms with E-state index in [9.17, 15) is 9.59 Å². The third kappa shape index (κ3) is 4.12. The van der Waals surface area contributed by atoms with Crippen LogP contribution in [0, 0.1) is 0 Å². The molecule has 0 unspecified atom stereocenters. The SMILES string of the molecule is CCCN(C(=O)c1cn(-c2ccc(OC)cc2)c(=O)c2ccccc12)c1cccc(Cl)c1. The number of carbonyl (C=O) groups excluding carboxylic acids is 1. The fourth-order valence-corrected chi connectivity index (χ4v) is 3.94. The summed E-state index contributed by atoms with van der Waals surface area (Å²) in [4.78, 5) is 28.8. The lowest BCUT2D eigenvalue weighted by molar-refractivity contribution is 0.0988. The highest BCUT2D eigenvalue weighted by atomic mass is 35.5.